The Bertz CT molecular complexity index is 267. The minimum Gasteiger partial charge on any atom is -0.378 e. The van der Waals surface area contributed by atoms with Crippen LogP contribution in [0.3, 0.4) is 0 Å². The first-order valence-electron chi connectivity index (χ1n) is 7.62. The molecule has 18 heavy (non-hydrogen) atoms. The molecule has 0 radical (unpaired) electrons. The molecule has 2 fully saturated rings. The molecule has 4 atom stereocenters. The average molecular weight is 254 g/mol. The Morgan fingerprint density at radius 3 is 2.72 bits per heavy atom. The number of ether oxygens (including phenoxy) is 1. The van der Waals surface area contributed by atoms with E-state index in [0.717, 1.165) is 12.5 Å². The molecule has 1 aliphatic carbocycles. The van der Waals surface area contributed by atoms with Crippen molar-refractivity contribution >= 4 is 0 Å². The SMILES string of the molecule is CCOC1CC(NCC2CCNC(C)C2)C1(C)C. The highest BCUT2D eigenvalue weighted by atomic mass is 16.5. The van der Waals surface area contributed by atoms with Gasteiger partial charge in [-0.3, -0.25) is 0 Å². The normalized spacial score (nSPS) is 39.3. The Morgan fingerprint density at radius 2 is 2.11 bits per heavy atom. The fourth-order valence-electron chi connectivity index (χ4n) is 3.45. The average Bonchev–Trinajstić information content (AvgIpc) is 2.33. The van der Waals surface area contributed by atoms with Gasteiger partial charge in [-0.05, 0) is 52.1 Å². The van der Waals surface area contributed by atoms with E-state index in [-0.39, 0.29) is 0 Å². The van der Waals surface area contributed by atoms with Crippen LogP contribution in [0.2, 0.25) is 0 Å². The second-order valence-electron chi connectivity index (χ2n) is 6.71. The molecule has 0 aromatic rings. The van der Waals surface area contributed by atoms with E-state index >= 15 is 0 Å². The van der Waals surface area contributed by atoms with Crippen LogP contribution >= 0.6 is 0 Å². The molecule has 2 rings (SSSR count). The molecule has 2 aliphatic rings. The van der Waals surface area contributed by atoms with Gasteiger partial charge in [-0.15, -0.1) is 0 Å². The summed E-state index contributed by atoms with van der Waals surface area (Å²) in [6, 6.07) is 1.33. The van der Waals surface area contributed by atoms with Gasteiger partial charge in [0.1, 0.15) is 0 Å². The van der Waals surface area contributed by atoms with Crippen molar-refractivity contribution in [3.8, 4) is 0 Å². The van der Waals surface area contributed by atoms with Gasteiger partial charge in [0.2, 0.25) is 0 Å². The monoisotopic (exact) mass is 254 g/mol. The number of hydrogen-bond donors (Lipinski definition) is 2. The summed E-state index contributed by atoms with van der Waals surface area (Å²) in [6.07, 6.45) is 4.27. The van der Waals surface area contributed by atoms with Gasteiger partial charge < -0.3 is 15.4 Å². The molecule has 106 valence electrons. The minimum atomic E-state index is 0.300. The lowest BCUT2D eigenvalue weighted by molar-refractivity contribution is -0.114. The molecule has 0 spiro atoms. The molecule has 4 unspecified atom stereocenters. The zero-order chi connectivity index (χ0) is 13.2. The smallest absolute Gasteiger partial charge is 0.0655 e. The van der Waals surface area contributed by atoms with Crippen molar-refractivity contribution in [2.24, 2.45) is 11.3 Å². The second kappa shape index (κ2) is 5.89. The Kier molecular flexibility index (Phi) is 4.68. The molecule has 1 aliphatic heterocycles. The molecule has 0 bridgehead atoms. The molecule has 0 aromatic heterocycles. The summed E-state index contributed by atoms with van der Waals surface area (Å²) in [4.78, 5) is 0. The first-order valence-corrected chi connectivity index (χ1v) is 7.62. The van der Waals surface area contributed by atoms with Crippen LogP contribution < -0.4 is 10.6 Å². The van der Waals surface area contributed by atoms with E-state index in [1.165, 1.54) is 32.4 Å². The molecule has 1 saturated heterocycles. The molecule has 3 nitrogen and oxygen atoms in total. The van der Waals surface area contributed by atoms with Crippen molar-refractivity contribution in [2.45, 2.75) is 65.1 Å². The van der Waals surface area contributed by atoms with Gasteiger partial charge in [0.15, 0.2) is 0 Å². The van der Waals surface area contributed by atoms with Crippen molar-refractivity contribution in [1.82, 2.24) is 10.6 Å². The van der Waals surface area contributed by atoms with Crippen LogP contribution in [0.1, 0.15) is 47.0 Å². The zero-order valence-electron chi connectivity index (χ0n) is 12.5. The van der Waals surface area contributed by atoms with Crippen LogP contribution in [0.25, 0.3) is 0 Å². The molecule has 0 aromatic carbocycles. The number of rotatable bonds is 5. The molecule has 1 heterocycles. The maximum atomic E-state index is 5.78. The quantitative estimate of drug-likeness (QED) is 0.789. The van der Waals surface area contributed by atoms with Crippen molar-refractivity contribution in [1.29, 1.82) is 0 Å². The third-order valence-corrected chi connectivity index (χ3v) is 4.93. The lowest BCUT2D eigenvalue weighted by Gasteiger charge is -2.52. The fourth-order valence-corrected chi connectivity index (χ4v) is 3.45. The first-order chi connectivity index (χ1) is 8.54. The van der Waals surface area contributed by atoms with E-state index in [0.29, 0.717) is 23.6 Å². The summed E-state index contributed by atoms with van der Waals surface area (Å²) in [5, 5.41) is 7.30. The zero-order valence-corrected chi connectivity index (χ0v) is 12.5. The Labute approximate surface area is 112 Å². The van der Waals surface area contributed by atoms with Gasteiger partial charge >= 0.3 is 0 Å². The van der Waals surface area contributed by atoms with Gasteiger partial charge in [-0.2, -0.15) is 0 Å². The van der Waals surface area contributed by atoms with Crippen LogP contribution in [-0.4, -0.2) is 37.9 Å². The van der Waals surface area contributed by atoms with Crippen LogP contribution in [0.4, 0.5) is 0 Å². The first kappa shape index (κ1) is 14.3. The second-order valence-corrected chi connectivity index (χ2v) is 6.71. The van der Waals surface area contributed by atoms with Gasteiger partial charge in [0.05, 0.1) is 6.10 Å². The maximum absolute atomic E-state index is 5.78. The van der Waals surface area contributed by atoms with Crippen LogP contribution in [-0.2, 0) is 4.74 Å². The standard InChI is InChI=1S/C15H30N2O/c1-5-18-14-9-13(15(14,3)4)17-10-12-6-7-16-11(2)8-12/h11-14,16-17H,5-10H2,1-4H3. The molecule has 2 N–H and O–H groups in total. The van der Waals surface area contributed by atoms with E-state index in [9.17, 15) is 0 Å². The summed E-state index contributed by atoms with van der Waals surface area (Å²) >= 11 is 0. The van der Waals surface area contributed by atoms with Crippen LogP contribution in [0.5, 0.6) is 0 Å². The minimum absolute atomic E-state index is 0.300. The molecule has 0 amide bonds. The molecular weight excluding hydrogens is 224 g/mol. The van der Waals surface area contributed by atoms with Crippen LogP contribution in [0.15, 0.2) is 0 Å². The highest BCUT2D eigenvalue weighted by Crippen LogP contribution is 2.42. The highest BCUT2D eigenvalue weighted by molar-refractivity contribution is 5.03. The summed E-state index contributed by atoms with van der Waals surface area (Å²) in [6.45, 7) is 12.3. The van der Waals surface area contributed by atoms with Crippen molar-refractivity contribution in [3.05, 3.63) is 0 Å². The lowest BCUT2D eigenvalue weighted by Crippen LogP contribution is -2.61. The largest absolute Gasteiger partial charge is 0.378 e. The third-order valence-electron chi connectivity index (χ3n) is 4.93. The maximum Gasteiger partial charge on any atom is 0.0655 e. The Morgan fingerprint density at radius 1 is 1.33 bits per heavy atom. The van der Waals surface area contributed by atoms with Gasteiger partial charge in [-0.1, -0.05) is 13.8 Å². The van der Waals surface area contributed by atoms with E-state index in [2.05, 4.69) is 38.3 Å². The summed E-state index contributed by atoms with van der Waals surface area (Å²) in [7, 11) is 0. The van der Waals surface area contributed by atoms with E-state index in [1.54, 1.807) is 0 Å². The van der Waals surface area contributed by atoms with Crippen molar-refractivity contribution < 1.29 is 4.74 Å². The topological polar surface area (TPSA) is 33.3 Å². The summed E-state index contributed by atoms with van der Waals surface area (Å²) in [5.41, 5.74) is 0.300. The number of hydrogen-bond acceptors (Lipinski definition) is 3. The van der Waals surface area contributed by atoms with Gasteiger partial charge in [0.25, 0.3) is 0 Å². The van der Waals surface area contributed by atoms with E-state index in [4.69, 9.17) is 4.74 Å². The molecule has 3 heteroatoms. The number of piperidine rings is 1. The lowest BCUT2D eigenvalue weighted by atomic mass is 9.64. The van der Waals surface area contributed by atoms with E-state index < -0.39 is 0 Å². The summed E-state index contributed by atoms with van der Waals surface area (Å²) < 4.78 is 5.78. The van der Waals surface area contributed by atoms with Crippen molar-refractivity contribution in [3.63, 3.8) is 0 Å². The molecule has 1 saturated carbocycles. The predicted octanol–water partition coefficient (Wildman–Crippen LogP) is 2.17. The molecular formula is C15H30N2O. The van der Waals surface area contributed by atoms with Gasteiger partial charge in [-0.25, -0.2) is 0 Å². The highest BCUT2D eigenvalue weighted by Gasteiger charge is 2.48. The Balaban J connectivity index is 1.71. The summed E-state index contributed by atoms with van der Waals surface area (Å²) in [5.74, 6) is 0.850. The van der Waals surface area contributed by atoms with Gasteiger partial charge in [0, 0.05) is 24.1 Å². The Hall–Kier alpha value is -0.120. The fraction of sp³-hybridized carbons (Fsp3) is 1.00. The van der Waals surface area contributed by atoms with E-state index in [1.807, 2.05) is 0 Å². The predicted molar refractivity (Wildman–Crippen MR) is 75.8 cm³/mol. The number of nitrogens with one attached hydrogen (secondary N) is 2. The van der Waals surface area contributed by atoms with Crippen LogP contribution in [0, 0.1) is 11.3 Å². The third kappa shape index (κ3) is 3.06. The van der Waals surface area contributed by atoms with Crippen molar-refractivity contribution in [2.75, 3.05) is 19.7 Å².